The first-order valence-corrected chi connectivity index (χ1v) is 9.74. The monoisotopic (exact) mass is 410 g/mol. The lowest BCUT2D eigenvalue weighted by Crippen LogP contribution is -2.47. The van der Waals surface area contributed by atoms with Crippen molar-refractivity contribution in [1.82, 2.24) is 4.98 Å². The number of hydrogen-bond acceptors (Lipinski definition) is 7. The maximum absolute atomic E-state index is 13.1. The van der Waals surface area contributed by atoms with Crippen molar-refractivity contribution < 1.29 is 23.9 Å². The average Bonchev–Trinajstić information content (AvgIpc) is 2.73. The number of rotatable bonds is 5. The number of carbonyl (C=O) groups is 3. The van der Waals surface area contributed by atoms with Crippen molar-refractivity contribution in [2.75, 3.05) is 35.2 Å². The van der Waals surface area contributed by atoms with Crippen molar-refractivity contribution in [2.24, 2.45) is 0 Å². The van der Waals surface area contributed by atoms with Gasteiger partial charge in [-0.3, -0.25) is 19.3 Å². The lowest BCUT2D eigenvalue weighted by molar-refractivity contribution is -0.125. The molecule has 1 atom stereocenters. The van der Waals surface area contributed by atoms with Gasteiger partial charge in [0.1, 0.15) is 11.6 Å². The Kier molecular flexibility index (Phi) is 5.03. The van der Waals surface area contributed by atoms with Crippen LogP contribution in [0.2, 0.25) is 0 Å². The molecule has 0 bridgehead atoms. The summed E-state index contributed by atoms with van der Waals surface area (Å²) in [6.45, 7) is 3.87. The highest BCUT2D eigenvalue weighted by atomic mass is 16.5. The van der Waals surface area contributed by atoms with Crippen LogP contribution in [0.4, 0.5) is 17.3 Å². The van der Waals surface area contributed by atoms with Crippen LogP contribution in [0.1, 0.15) is 30.6 Å². The minimum absolute atomic E-state index is 0.0235. The zero-order valence-corrected chi connectivity index (χ0v) is 16.8. The van der Waals surface area contributed by atoms with Crippen LogP contribution in [0.3, 0.4) is 0 Å². The molecule has 2 N–H and O–H groups in total. The number of aromatic nitrogens is 1. The fourth-order valence-electron chi connectivity index (χ4n) is 3.53. The van der Waals surface area contributed by atoms with Crippen molar-refractivity contribution in [1.29, 1.82) is 0 Å². The van der Waals surface area contributed by atoms with Gasteiger partial charge in [-0.2, -0.15) is 0 Å². The highest BCUT2D eigenvalue weighted by molar-refractivity contribution is 6.08. The van der Waals surface area contributed by atoms with Crippen LogP contribution in [0, 0.1) is 0 Å². The van der Waals surface area contributed by atoms with E-state index in [2.05, 4.69) is 4.98 Å². The molecule has 0 aliphatic carbocycles. The minimum Gasteiger partial charge on any atom is -0.482 e. The smallest absolute Gasteiger partial charge is 0.269 e. The molecule has 4 rings (SSSR count). The highest BCUT2D eigenvalue weighted by Gasteiger charge is 2.34. The SMILES string of the molecule is CCCN1C(=O)COc2ccc(C(=O)CN3C(=O)C(C)Oc4ccc(N)nc43)cc21. The molecule has 1 aromatic carbocycles. The van der Waals surface area contributed by atoms with Crippen LogP contribution in [-0.4, -0.2) is 48.4 Å². The molecule has 156 valence electrons. The number of benzene rings is 1. The molecule has 3 heterocycles. The second-order valence-electron chi connectivity index (χ2n) is 7.18. The molecule has 0 saturated carbocycles. The molecule has 0 saturated heterocycles. The van der Waals surface area contributed by atoms with E-state index < -0.39 is 6.10 Å². The number of nitrogens with two attached hydrogens (primary N) is 1. The quantitative estimate of drug-likeness (QED) is 0.747. The summed E-state index contributed by atoms with van der Waals surface area (Å²) < 4.78 is 11.0. The Labute approximate surface area is 173 Å². The summed E-state index contributed by atoms with van der Waals surface area (Å²) in [5.74, 6) is 0.549. The summed E-state index contributed by atoms with van der Waals surface area (Å²) in [6.07, 6.45) is 0.0262. The Balaban J connectivity index is 1.64. The molecule has 0 radical (unpaired) electrons. The summed E-state index contributed by atoms with van der Waals surface area (Å²) in [7, 11) is 0. The third kappa shape index (κ3) is 3.42. The number of nitrogen functional groups attached to an aromatic ring is 1. The molecule has 2 aliphatic rings. The fourth-order valence-corrected chi connectivity index (χ4v) is 3.53. The molecule has 0 fully saturated rings. The number of ether oxygens (including phenoxy) is 2. The van der Waals surface area contributed by atoms with Gasteiger partial charge in [-0.15, -0.1) is 0 Å². The van der Waals surface area contributed by atoms with Crippen LogP contribution in [-0.2, 0) is 9.59 Å². The Hall–Kier alpha value is -3.62. The first kappa shape index (κ1) is 19.7. The van der Waals surface area contributed by atoms with Gasteiger partial charge in [0, 0.05) is 12.1 Å². The lowest BCUT2D eigenvalue weighted by Gasteiger charge is -2.32. The van der Waals surface area contributed by atoms with Gasteiger partial charge >= 0.3 is 0 Å². The number of Topliss-reactive ketones (excluding diaryl/α,β-unsaturated/α-hetero) is 1. The number of ketones is 1. The zero-order chi connectivity index (χ0) is 21.4. The zero-order valence-electron chi connectivity index (χ0n) is 16.8. The Bertz CT molecular complexity index is 1040. The highest BCUT2D eigenvalue weighted by Crippen LogP contribution is 2.35. The second kappa shape index (κ2) is 7.66. The number of nitrogens with zero attached hydrogens (tertiary/aromatic N) is 3. The summed E-state index contributed by atoms with van der Waals surface area (Å²) in [4.78, 5) is 45.0. The summed E-state index contributed by atoms with van der Waals surface area (Å²) >= 11 is 0. The average molecular weight is 410 g/mol. The molecule has 1 aromatic heterocycles. The molecular formula is C21H22N4O5. The maximum atomic E-state index is 13.1. The number of carbonyl (C=O) groups excluding carboxylic acids is 3. The number of pyridine rings is 1. The fraction of sp³-hybridized carbons (Fsp3) is 0.333. The van der Waals surface area contributed by atoms with E-state index in [-0.39, 0.29) is 42.4 Å². The molecule has 30 heavy (non-hydrogen) atoms. The standard InChI is InChI=1S/C21H22N4O5/c1-3-8-24-14-9-13(4-5-16(14)29-11-19(24)27)15(26)10-25-20-17(6-7-18(22)23-20)30-12(2)21(25)28/h4-7,9,12H,3,8,10-11H2,1-2H3,(H2,22,23). The number of amides is 2. The van der Waals surface area contributed by atoms with E-state index in [0.717, 1.165) is 6.42 Å². The van der Waals surface area contributed by atoms with Gasteiger partial charge in [0.05, 0.1) is 12.2 Å². The van der Waals surface area contributed by atoms with E-state index >= 15 is 0 Å². The van der Waals surface area contributed by atoms with E-state index in [0.29, 0.717) is 29.3 Å². The van der Waals surface area contributed by atoms with Crippen molar-refractivity contribution in [3.05, 3.63) is 35.9 Å². The van der Waals surface area contributed by atoms with Gasteiger partial charge in [-0.1, -0.05) is 6.92 Å². The number of hydrogen-bond donors (Lipinski definition) is 1. The van der Waals surface area contributed by atoms with E-state index in [4.69, 9.17) is 15.2 Å². The third-order valence-corrected chi connectivity index (χ3v) is 5.01. The maximum Gasteiger partial charge on any atom is 0.269 e. The predicted octanol–water partition coefficient (Wildman–Crippen LogP) is 1.80. The lowest BCUT2D eigenvalue weighted by atomic mass is 10.1. The van der Waals surface area contributed by atoms with Gasteiger partial charge in [0.2, 0.25) is 0 Å². The van der Waals surface area contributed by atoms with E-state index in [1.807, 2.05) is 6.92 Å². The normalized spacial score (nSPS) is 17.7. The Morgan fingerprint density at radius 1 is 1.20 bits per heavy atom. The molecule has 2 amide bonds. The van der Waals surface area contributed by atoms with Crippen molar-refractivity contribution in [3.63, 3.8) is 0 Å². The first-order valence-electron chi connectivity index (χ1n) is 9.74. The van der Waals surface area contributed by atoms with Gasteiger partial charge in [-0.05, 0) is 43.7 Å². The van der Waals surface area contributed by atoms with E-state index in [1.165, 1.54) is 4.90 Å². The summed E-state index contributed by atoms with van der Waals surface area (Å²) in [5, 5.41) is 0. The predicted molar refractivity (Wildman–Crippen MR) is 110 cm³/mol. The Morgan fingerprint density at radius 2 is 1.97 bits per heavy atom. The molecule has 2 aromatic rings. The van der Waals surface area contributed by atoms with E-state index in [1.54, 1.807) is 42.2 Å². The molecule has 9 heteroatoms. The molecular weight excluding hydrogens is 388 g/mol. The number of fused-ring (bicyclic) bond motifs is 2. The first-order chi connectivity index (χ1) is 14.4. The van der Waals surface area contributed by atoms with E-state index in [9.17, 15) is 14.4 Å². The molecule has 1 unspecified atom stereocenters. The Morgan fingerprint density at radius 3 is 2.73 bits per heavy atom. The summed E-state index contributed by atoms with van der Waals surface area (Å²) in [5.41, 5.74) is 6.68. The van der Waals surface area contributed by atoms with Gasteiger partial charge in [-0.25, -0.2) is 4.98 Å². The van der Waals surface area contributed by atoms with Gasteiger partial charge in [0.15, 0.2) is 30.1 Å². The van der Waals surface area contributed by atoms with Crippen molar-refractivity contribution in [3.8, 4) is 11.5 Å². The van der Waals surface area contributed by atoms with Crippen molar-refractivity contribution >= 4 is 34.9 Å². The largest absolute Gasteiger partial charge is 0.482 e. The van der Waals surface area contributed by atoms with Crippen LogP contribution >= 0.6 is 0 Å². The number of anilines is 3. The minimum atomic E-state index is -0.745. The van der Waals surface area contributed by atoms with Crippen LogP contribution in [0.15, 0.2) is 30.3 Å². The van der Waals surface area contributed by atoms with Crippen LogP contribution in [0.25, 0.3) is 0 Å². The van der Waals surface area contributed by atoms with Crippen molar-refractivity contribution in [2.45, 2.75) is 26.4 Å². The molecule has 2 aliphatic heterocycles. The van der Waals surface area contributed by atoms with Crippen LogP contribution in [0.5, 0.6) is 11.5 Å². The van der Waals surface area contributed by atoms with Gasteiger partial charge in [0.25, 0.3) is 11.8 Å². The molecule has 9 nitrogen and oxygen atoms in total. The van der Waals surface area contributed by atoms with Gasteiger partial charge < -0.3 is 20.1 Å². The molecule has 0 spiro atoms. The topological polar surface area (TPSA) is 115 Å². The third-order valence-electron chi connectivity index (χ3n) is 5.01. The second-order valence-corrected chi connectivity index (χ2v) is 7.18. The van der Waals surface area contributed by atoms with Crippen LogP contribution < -0.4 is 25.0 Å². The summed E-state index contributed by atoms with van der Waals surface area (Å²) in [6, 6.07) is 8.13.